The maximum Gasteiger partial charge on any atom is 0.307 e. The fourth-order valence-electron chi connectivity index (χ4n) is 2.67. The second-order valence-electron chi connectivity index (χ2n) is 5.08. The summed E-state index contributed by atoms with van der Waals surface area (Å²) in [6.45, 7) is 1.93. The van der Waals surface area contributed by atoms with Crippen molar-refractivity contribution >= 4 is 23.2 Å². The summed E-state index contributed by atoms with van der Waals surface area (Å²) < 4.78 is 0. The van der Waals surface area contributed by atoms with Crippen LogP contribution in [0.1, 0.15) is 43.5 Å². The fourth-order valence-corrected chi connectivity index (χ4v) is 3.40. The van der Waals surface area contributed by atoms with Crippen molar-refractivity contribution in [2.24, 2.45) is 11.8 Å². The van der Waals surface area contributed by atoms with Crippen LogP contribution in [0.3, 0.4) is 0 Å². The molecule has 2 N–H and O–H groups in total. The second-order valence-corrected chi connectivity index (χ2v) is 6.06. The molecule has 1 heterocycles. The van der Waals surface area contributed by atoms with Gasteiger partial charge in [-0.2, -0.15) is 0 Å². The number of aliphatic carboxylic acids is 1. The molecule has 0 spiro atoms. The first-order valence-corrected chi connectivity index (χ1v) is 7.54. The summed E-state index contributed by atoms with van der Waals surface area (Å²) in [7, 11) is 0. The minimum Gasteiger partial charge on any atom is -0.481 e. The third-order valence-corrected chi connectivity index (χ3v) is 4.80. The molecule has 1 amide bonds. The van der Waals surface area contributed by atoms with E-state index >= 15 is 0 Å². The Balaban J connectivity index is 2.00. The molecule has 0 radical (unpaired) electrons. The molecule has 1 aliphatic rings. The maximum absolute atomic E-state index is 12.2. The van der Waals surface area contributed by atoms with Gasteiger partial charge >= 0.3 is 5.97 Å². The van der Waals surface area contributed by atoms with Crippen LogP contribution in [0.15, 0.2) is 17.5 Å². The third-order valence-electron chi connectivity index (χ3n) is 3.75. The second kappa shape index (κ2) is 6.19. The zero-order chi connectivity index (χ0) is 13.8. The van der Waals surface area contributed by atoms with Gasteiger partial charge in [-0.3, -0.25) is 9.59 Å². The lowest BCUT2D eigenvalue weighted by atomic mass is 9.78. The molecule has 4 nitrogen and oxygen atoms in total. The van der Waals surface area contributed by atoms with E-state index < -0.39 is 11.9 Å². The molecule has 2 rings (SSSR count). The number of rotatable bonds is 4. The highest BCUT2D eigenvalue weighted by atomic mass is 32.1. The van der Waals surface area contributed by atoms with Gasteiger partial charge in [-0.25, -0.2) is 0 Å². The van der Waals surface area contributed by atoms with E-state index in [4.69, 9.17) is 0 Å². The smallest absolute Gasteiger partial charge is 0.307 e. The molecule has 3 atom stereocenters. The molecule has 1 fully saturated rings. The van der Waals surface area contributed by atoms with Crippen LogP contribution in [0.5, 0.6) is 0 Å². The van der Waals surface area contributed by atoms with E-state index in [1.165, 1.54) is 0 Å². The van der Waals surface area contributed by atoms with Crippen LogP contribution in [0.4, 0.5) is 0 Å². The maximum atomic E-state index is 12.2. The summed E-state index contributed by atoms with van der Waals surface area (Å²) in [6.07, 6.45) is 3.14. The van der Waals surface area contributed by atoms with Crippen molar-refractivity contribution in [2.45, 2.75) is 38.6 Å². The van der Waals surface area contributed by atoms with Crippen molar-refractivity contribution in [1.29, 1.82) is 0 Å². The summed E-state index contributed by atoms with van der Waals surface area (Å²) in [5.41, 5.74) is 0. The van der Waals surface area contributed by atoms with Gasteiger partial charge in [0.1, 0.15) is 0 Å². The Labute approximate surface area is 116 Å². The van der Waals surface area contributed by atoms with E-state index in [9.17, 15) is 14.7 Å². The molecule has 1 aliphatic carbocycles. The quantitative estimate of drug-likeness (QED) is 0.891. The predicted octanol–water partition coefficient (Wildman–Crippen LogP) is 2.82. The number of hydrogen-bond donors (Lipinski definition) is 2. The van der Waals surface area contributed by atoms with Crippen molar-refractivity contribution in [3.8, 4) is 0 Å². The van der Waals surface area contributed by atoms with Crippen molar-refractivity contribution in [3.63, 3.8) is 0 Å². The van der Waals surface area contributed by atoms with Crippen molar-refractivity contribution in [3.05, 3.63) is 22.4 Å². The van der Waals surface area contributed by atoms with Gasteiger partial charge in [-0.1, -0.05) is 18.9 Å². The number of carboxylic acids is 1. The van der Waals surface area contributed by atoms with E-state index in [2.05, 4.69) is 5.32 Å². The van der Waals surface area contributed by atoms with Gasteiger partial charge in [-0.15, -0.1) is 11.3 Å². The lowest BCUT2D eigenvalue weighted by Gasteiger charge is -2.28. The Morgan fingerprint density at radius 3 is 2.63 bits per heavy atom. The van der Waals surface area contributed by atoms with Crippen LogP contribution in [0.2, 0.25) is 0 Å². The van der Waals surface area contributed by atoms with Crippen LogP contribution < -0.4 is 5.32 Å². The zero-order valence-electron chi connectivity index (χ0n) is 11.0. The zero-order valence-corrected chi connectivity index (χ0v) is 11.8. The minimum atomic E-state index is -0.844. The Morgan fingerprint density at radius 2 is 2.05 bits per heavy atom. The first-order valence-electron chi connectivity index (χ1n) is 6.66. The molecule has 5 heteroatoms. The van der Waals surface area contributed by atoms with Crippen molar-refractivity contribution in [2.75, 3.05) is 0 Å². The van der Waals surface area contributed by atoms with Gasteiger partial charge in [-0.05, 0) is 31.2 Å². The molecule has 0 saturated heterocycles. The van der Waals surface area contributed by atoms with E-state index in [1.807, 2.05) is 24.4 Å². The van der Waals surface area contributed by atoms with Gasteiger partial charge in [0.15, 0.2) is 0 Å². The molecule has 3 unspecified atom stereocenters. The van der Waals surface area contributed by atoms with Gasteiger partial charge in [0.05, 0.1) is 17.9 Å². The lowest BCUT2D eigenvalue weighted by Crippen LogP contribution is -2.40. The monoisotopic (exact) mass is 281 g/mol. The van der Waals surface area contributed by atoms with E-state index in [1.54, 1.807) is 11.3 Å². The van der Waals surface area contributed by atoms with Gasteiger partial charge in [0.2, 0.25) is 5.91 Å². The lowest BCUT2D eigenvalue weighted by molar-refractivity contribution is -0.149. The highest BCUT2D eigenvalue weighted by Gasteiger charge is 2.36. The summed E-state index contributed by atoms with van der Waals surface area (Å²) in [6, 6.07) is 3.87. The molecule has 1 aromatic heterocycles. The Bertz CT molecular complexity index is 444. The first kappa shape index (κ1) is 14.1. The molecule has 0 aromatic carbocycles. The van der Waals surface area contributed by atoms with E-state index in [0.29, 0.717) is 12.8 Å². The summed E-state index contributed by atoms with van der Waals surface area (Å²) in [5.74, 6) is -1.87. The van der Waals surface area contributed by atoms with Crippen LogP contribution >= 0.6 is 11.3 Å². The highest BCUT2D eigenvalue weighted by molar-refractivity contribution is 7.10. The SMILES string of the molecule is CC(NC(=O)C1CCCCC1C(=O)O)c1cccs1. The third kappa shape index (κ3) is 3.35. The standard InChI is InChI=1S/C14H19NO3S/c1-9(12-7-4-8-19-12)15-13(16)10-5-2-3-6-11(10)14(17)18/h4,7-11H,2-3,5-6H2,1H3,(H,15,16)(H,17,18). The Kier molecular flexibility index (Phi) is 4.58. The number of thiophene rings is 1. The predicted molar refractivity (Wildman–Crippen MR) is 74.0 cm³/mol. The number of hydrogen-bond acceptors (Lipinski definition) is 3. The molecule has 1 saturated carbocycles. The normalized spacial score (nSPS) is 24.7. The topological polar surface area (TPSA) is 66.4 Å². The number of carbonyl (C=O) groups is 2. The number of nitrogens with one attached hydrogen (secondary N) is 1. The van der Waals surface area contributed by atoms with E-state index in [-0.39, 0.29) is 17.9 Å². The van der Waals surface area contributed by atoms with E-state index in [0.717, 1.165) is 17.7 Å². The molecule has 104 valence electrons. The summed E-state index contributed by atoms with van der Waals surface area (Å²) >= 11 is 1.60. The van der Waals surface area contributed by atoms with Crippen LogP contribution in [0, 0.1) is 11.8 Å². The number of carboxylic acid groups (broad SMARTS) is 1. The average Bonchev–Trinajstić information content (AvgIpc) is 2.92. The molecule has 19 heavy (non-hydrogen) atoms. The van der Waals surface area contributed by atoms with Crippen molar-refractivity contribution in [1.82, 2.24) is 5.32 Å². The first-order chi connectivity index (χ1) is 9.09. The van der Waals surface area contributed by atoms with Crippen molar-refractivity contribution < 1.29 is 14.7 Å². The highest BCUT2D eigenvalue weighted by Crippen LogP contribution is 2.31. The summed E-state index contributed by atoms with van der Waals surface area (Å²) in [5, 5.41) is 14.1. The largest absolute Gasteiger partial charge is 0.481 e. The average molecular weight is 281 g/mol. The summed E-state index contributed by atoms with van der Waals surface area (Å²) in [4.78, 5) is 24.5. The van der Waals surface area contributed by atoms with Crippen LogP contribution in [-0.2, 0) is 9.59 Å². The van der Waals surface area contributed by atoms with Crippen LogP contribution in [-0.4, -0.2) is 17.0 Å². The minimum absolute atomic E-state index is 0.0520. The molecular weight excluding hydrogens is 262 g/mol. The Morgan fingerprint density at radius 1 is 1.37 bits per heavy atom. The van der Waals surface area contributed by atoms with Gasteiger partial charge < -0.3 is 10.4 Å². The number of carbonyl (C=O) groups excluding carboxylic acids is 1. The fraction of sp³-hybridized carbons (Fsp3) is 0.571. The molecule has 1 aromatic rings. The van der Waals surface area contributed by atoms with Gasteiger partial charge in [0, 0.05) is 4.88 Å². The molecular formula is C14H19NO3S. The molecule has 0 aliphatic heterocycles. The van der Waals surface area contributed by atoms with Crippen LogP contribution in [0.25, 0.3) is 0 Å². The number of amides is 1. The molecule has 0 bridgehead atoms. The van der Waals surface area contributed by atoms with Gasteiger partial charge in [0.25, 0.3) is 0 Å². The Hall–Kier alpha value is -1.36.